The van der Waals surface area contributed by atoms with E-state index in [4.69, 9.17) is 9.15 Å². The van der Waals surface area contributed by atoms with Crippen LogP contribution in [0.25, 0.3) is 44.5 Å². The van der Waals surface area contributed by atoms with Crippen molar-refractivity contribution < 1.29 is 9.15 Å². The van der Waals surface area contributed by atoms with Crippen LogP contribution in [0.15, 0.2) is 212 Å². The summed E-state index contributed by atoms with van der Waals surface area (Å²) in [6.07, 6.45) is 0. The molecule has 0 aliphatic carbocycles. The Morgan fingerprint density at radius 2 is 1.12 bits per heavy atom. The Kier molecular flexibility index (Phi) is 8.35. The summed E-state index contributed by atoms with van der Waals surface area (Å²) in [5, 5.41) is 1.07. The molecule has 0 spiro atoms. The zero-order chi connectivity index (χ0) is 38.8. The average molecular weight is 784 g/mol. The molecule has 0 unspecified atom stereocenters. The lowest BCUT2D eigenvalue weighted by Gasteiger charge is -2.37. The summed E-state index contributed by atoms with van der Waals surface area (Å²) in [7, 11) is 0. The van der Waals surface area contributed by atoms with E-state index in [-0.39, 0.29) is 5.41 Å². The van der Waals surface area contributed by atoms with E-state index in [9.17, 15) is 0 Å². The summed E-state index contributed by atoms with van der Waals surface area (Å²) < 4.78 is 13.1. The van der Waals surface area contributed by atoms with Crippen LogP contribution in [-0.4, -0.2) is 0 Å². The van der Waals surface area contributed by atoms with Crippen LogP contribution in [0, 0.1) is 0 Å². The number of para-hydroxylation sites is 1. The summed E-state index contributed by atoms with van der Waals surface area (Å²) in [6.45, 7) is 4.70. The molecule has 0 bridgehead atoms. The van der Waals surface area contributed by atoms with Gasteiger partial charge in [0.2, 0.25) is 0 Å². The molecule has 0 amide bonds. The molecule has 5 heteroatoms. The first-order valence-electron chi connectivity index (χ1n) is 19.6. The Morgan fingerprint density at radius 1 is 0.483 bits per heavy atom. The van der Waals surface area contributed by atoms with E-state index < -0.39 is 0 Å². The van der Waals surface area contributed by atoms with Crippen LogP contribution in [0.4, 0.5) is 17.1 Å². The second-order valence-corrected chi connectivity index (χ2v) is 17.4. The van der Waals surface area contributed by atoms with E-state index in [0.717, 1.165) is 82.9 Å². The Morgan fingerprint density at radius 3 is 1.93 bits per heavy atom. The summed E-state index contributed by atoms with van der Waals surface area (Å²) >= 11 is 3.64. The summed E-state index contributed by atoms with van der Waals surface area (Å²) in [5.41, 5.74) is 12.2. The Hall–Kier alpha value is -6.40. The van der Waals surface area contributed by atoms with Gasteiger partial charge in [-0.25, -0.2) is 0 Å². The van der Waals surface area contributed by atoms with Gasteiger partial charge < -0.3 is 14.1 Å². The minimum atomic E-state index is -0.174. The predicted molar refractivity (Wildman–Crippen MR) is 241 cm³/mol. The van der Waals surface area contributed by atoms with Gasteiger partial charge in [-0.15, -0.1) is 0 Å². The molecule has 3 nitrogen and oxygen atoms in total. The SMILES string of the molecule is CC1(C)c2ccccc2Sc2c(N(c3ccc(-c4cccc5c4Sc4ccccc4O5)cc3)c3ccc4oc(-c5ccccc5)c(-c5ccccc5)c4c3)cccc21. The van der Waals surface area contributed by atoms with Gasteiger partial charge in [-0.05, 0) is 88.5 Å². The maximum atomic E-state index is 6.74. The lowest BCUT2D eigenvalue weighted by molar-refractivity contribution is 0.455. The van der Waals surface area contributed by atoms with E-state index in [0.29, 0.717) is 0 Å². The number of furan rings is 1. The first kappa shape index (κ1) is 34.8. The molecule has 278 valence electrons. The monoisotopic (exact) mass is 783 g/mol. The van der Waals surface area contributed by atoms with Crippen LogP contribution in [0.2, 0.25) is 0 Å². The molecule has 1 aromatic heterocycles. The van der Waals surface area contributed by atoms with Crippen molar-refractivity contribution in [1.82, 2.24) is 0 Å². The number of rotatable bonds is 6. The van der Waals surface area contributed by atoms with Gasteiger partial charge in [0.1, 0.15) is 22.8 Å². The smallest absolute Gasteiger partial charge is 0.143 e. The van der Waals surface area contributed by atoms with Crippen molar-refractivity contribution in [2.24, 2.45) is 0 Å². The molecule has 2 aliphatic rings. The molecule has 9 aromatic rings. The Labute approximate surface area is 347 Å². The number of hydrogen-bond donors (Lipinski definition) is 0. The standard InChI is InChI=1S/C53H37NO2S2/c1-53(2)41-20-9-11-25-47(41)57-52-42(53)21-14-22-43(52)54(37-29-27-34(28-30-37)39-19-13-24-46-51(39)58-48-26-12-10-23-45(48)55-46)38-31-32-44-40(33-38)49(35-15-5-3-6-16-35)50(56-44)36-17-7-4-8-18-36/h3-33H,1-2H3. The van der Waals surface area contributed by atoms with Crippen LogP contribution < -0.4 is 9.64 Å². The van der Waals surface area contributed by atoms with Crippen molar-refractivity contribution >= 4 is 51.6 Å². The van der Waals surface area contributed by atoms with Crippen molar-refractivity contribution in [3.63, 3.8) is 0 Å². The number of hydrogen-bond acceptors (Lipinski definition) is 5. The number of ether oxygens (including phenoxy) is 1. The largest absolute Gasteiger partial charge is 0.455 e. The molecule has 8 aromatic carbocycles. The minimum Gasteiger partial charge on any atom is -0.455 e. The fourth-order valence-electron chi connectivity index (χ4n) is 8.53. The molecule has 11 rings (SSSR count). The summed E-state index contributed by atoms with van der Waals surface area (Å²) in [4.78, 5) is 7.24. The van der Waals surface area contributed by atoms with Gasteiger partial charge in [-0.2, -0.15) is 0 Å². The Bertz CT molecular complexity index is 3010. The van der Waals surface area contributed by atoms with Crippen LogP contribution >= 0.6 is 23.5 Å². The summed E-state index contributed by atoms with van der Waals surface area (Å²) in [6, 6.07) is 67.0. The number of fused-ring (bicyclic) bond motifs is 5. The zero-order valence-corrected chi connectivity index (χ0v) is 33.6. The molecule has 0 atom stereocenters. The van der Waals surface area contributed by atoms with E-state index in [1.807, 2.05) is 30.0 Å². The van der Waals surface area contributed by atoms with Gasteiger partial charge in [-0.3, -0.25) is 0 Å². The number of benzene rings is 8. The fourth-order valence-corrected chi connectivity index (χ4v) is 11.1. The first-order valence-corrected chi connectivity index (χ1v) is 21.2. The Balaban J connectivity index is 1.09. The topological polar surface area (TPSA) is 25.6 Å². The molecule has 0 saturated carbocycles. The fraction of sp³-hybridized carbons (Fsp3) is 0.0566. The van der Waals surface area contributed by atoms with Crippen LogP contribution in [0.5, 0.6) is 11.5 Å². The highest BCUT2D eigenvalue weighted by molar-refractivity contribution is 8.00. The van der Waals surface area contributed by atoms with Crippen molar-refractivity contribution in [2.75, 3.05) is 4.90 Å². The number of nitrogens with zero attached hydrogens (tertiary/aromatic N) is 1. The first-order chi connectivity index (χ1) is 28.5. The average Bonchev–Trinajstić information content (AvgIpc) is 3.66. The second kappa shape index (κ2) is 13.9. The van der Waals surface area contributed by atoms with Crippen molar-refractivity contribution in [2.45, 2.75) is 38.8 Å². The highest BCUT2D eigenvalue weighted by Crippen LogP contribution is 2.55. The lowest BCUT2D eigenvalue weighted by Crippen LogP contribution is -2.25. The molecular weight excluding hydrogens is 747 g/mol. The third-order valence-corrected chi connectivity index (χ3v) is 13.8. The van der Waals surface area contributed by atoms with Gasteiger partial charge in [0, 0.05) is 43.1 Å². The van der Waals surface area contributed by atoms with E-state index in [1.165, 1.54) is 20.9 Å². The zero-order valence-electron chi connectivity index (χ0n) is 32.0. The maximum absolute atomic E-state index is 6.74. The molecule has 2 aliphatic heterocycles. The molecule has 3 heterocycles. The second-order valence-electron chi connectivity index (χ2n) is 15.3. The minimum absolute atomic E-state index is 0.174. The van der Waals surface area contributed by atoms with E-state index in [2.05, 4.69) is 189 Å². The van der Waals surface area contributed by atoms with Gasteiger partial charge in [0.15, 0.2) is 0 Å². The van der Waals surface area contributed by atoms with Gasteiger partial charge in [-0.1, -0.05) is 165 Å². The molecule has 0 fully saturated rings. The van der Waals surface area contributed by atoms with Crippen LogP contribution in [-0.2, 0) is 5.41 Å². The predicted octanol–water partition coefficient (Wildman–Crippen LogP) is 16.0. The third kappa shape index (κ3) is 5.76. The van der Waals surface area contributed by atoms with Gasteiger partial charge in [0.05, 0.1) is 15.5 Å². The molecular formula is C53H37NO2S2. The van der Waals surface area contributed by atoms with E-state index >= 15 is 0 Å². The van der Waals surface area contributed by atoms with Gasteiger partial charge in [0.25, 0.3) is 0 Å². The van der Waals surface area contributed by atoms with Crippen LogP contribution in [0.3, 0.4) is 0 Å². The summed E-state index contributed by atoms with van der Waals surface area (Å²) in [5.74, 6) is 2.66. The van der Waals surface area contributed by atoms with E-state index in [1.54, 1.807) is 11.8 Å². The molecule has 0 radical (unpaired) electrons. The van der Waals surface area contributed by atoms with Crippen LogP contribution in [0.1, 0.15) is 25.0 Å². The highest BCUT2D eigenvalue weighted by Gasteiger charge is 2.35. The van der Waals surface area contributed by atoms with Crippen molar-refractivity contribution in [3.8, 4) is 45.1 Å². The maximum Gasteiger partial charge on any atom is 0.143 e. The normalized spacial score (nSPS) is 13.5. The highest BCUT2D eigenvalue weighted by atomic mass is 32.2. The van der Waals surface area contributed by atoms with Crippen molar-refractivity contribution in [1.29, 1.82) is 0 Å². The number of anilines is 3. The molecule has 0 N–H and O–H groups in total. The molecule has 0 saturated heterocycles. The lowest BCUT2D eigenvalue weighted by atomic mass is 9.77. The third-order valence-electron chi connectivity index (χ3n) is 11.4. The van der Waals surface area contributed by atoms with Crippen molar-refractivity contribution in [3.05, 3.63) is 199 Å². The van der Waals surface area contributed by atoms with Gasteiger partial charge >= 0.3 is 0 Å². The quantitative estimate of drug-likeness (QED) is 0.167. The molecule has 58 heavy (non-hydrogen) atoms.